The number of aromatic nitrogens is 1. The lowest BCUT2D eigenvalue weighted by Gasteiger charge is -2.34. The zero-order valence-electron chi connectivity index (χ0n) is 17.0. The van der Waals surface area contributed by atoms with Crippen molar-refractivity contribution in [2.75, 3.05) is 33.4 Å². The first-order valence-electron chi connectivity index (χ1n) is 10.2. The van der Waals surface area contributed by atoms with E-state index >= 15 is 0 Å². The number of hydrogen-bond acceptors (Lipinski definition) is 6. The van der Waals surface area contributed by atoms with Crippen molar-refractivity contribution in [2.24, 2.45) is 0 Å². The van der Waals surface area contributed by atoms with Gasteiger partial charge in [-0.2, -0.15) is 0 Å². The minimum atomic E-state index is -1.03. The van der Waals surface area contributed by atoms with Gasteiger partial charge < -0.3 is 30.1 Å². The summed E-state index contributed by atoms with van der Waals surface area (Å²) in [6.07, 6.45) is 1.78. The van der Waals surface area contributed by atoms with E-state index < -0.39 is 12.2 Å². The van der Waals surface area contributed by atoms with E-state index in [9.17, 15) is 9.59 Å². The quantitative estimate of drug-likeness (QED) is 0.530. The zero-order valence-corrected chi connectivity index (χ0v) is 17.0. The number of rotatable bonds is 9. The summed E-state index contributed by atoms with van der Waals surface area (Å²) in [6, 6.07) is 3.96. The molecule has 1 saturated carbocycles. The molecule has 1 aliphatic carbocycles. The van der Waals surface area contributed by atoms with E-state index in [0.717, 1.165) is 30.6 Å². The molecule has 1 aromatic heterocycles. The molecular formula is C20H30N4O5. The summed E-state index contributed by atoms with van der Waals surface area (Å²) in [5.41, 5.74) is 1.78. The molecule has 0 spiro atoms. The fourth-order valence-electron chi connectivity index (χ4n) is 3.61. The molecule has 1 aliphatic heterocycles. The Labute approximate surface area is 170 Å². The third-order valence-electron chi connectivity index (χ3n) is 5.27. The van der Waals surface area contributed by atoms with Gasteiger partial charge in [0.1, 0.15) is 6.10 Å². The van der Waals surface area contributed by atoms with Crippen molar-refractivity contribution in [3.63, 3.8) is 0 Å². The van der Waals surface area contributed by atoms with E-state index in [0.29, 0.717) is 38.4 Å². The second-order valence-corrected chi connectivity index (χ2v) is 7.49. The number of amides is 2. The minimum Gasteiger partial charge on any atom is -0.481 e. The Hall–Kier alpha value is -2.39. The highest BCUT2D eigenvalue weighted by molar-refractivity contribution is 5.82. The van der Waals surface area contributed by atoms with Crippen LogP contribution in [-0.4, -0.2) is 72.5 Å². The van der Waals surface area contributed by atoms with Crippen LogP contribution in [0.25, 0.3) is 0 Å². The Kier molecular flexibility index (Phi) is 7.27. The molecule has 2 heterocycles. The Balaban J connectivity index is 1.74. The first kappa shape index (κ1) is 21.3. The highest BCUT2D eigenvalue weighted by Gasteiger charge is 2.40. The molecule has 2 fully saturated rings. The van der Waals surface area contributed by atoms with E-state index in [4.69, 9.17) is 14.6 Å². The lowest BCUT2D eigenvalue weighted by molar-refractivity contribution is -0.148. The monoisotopic (exact) mass is 406 g/mol. The summed E-state index contributed by atoms with van der Waals surface area (Å²) >= 11 is 0. The first-order valence-corrected chi connectivity index (χ1v) is 10.2. The largest absolute Gasteiger partial charge is 0.481 e. The van der Waals surface area contributed by atoms with Gasteiger partial charge in [0.05, 0.1) is 19.8 Å². The summed E-state index contributed by atoms with van der Waals surface area (Å²) in [5, 5.41) is 14.3. The molecule has 3 N–H and O–H groups in total. The Morgan fingerprint density at radius 1 is 1.45 bits per heavy atom. The Morgan fingerprint density at radius 3 is 2.86 bits per heavy atom. The number of carbonyl (C=O) groups is 2. The highest BCUT2D eigenvalue weighted by atomic mass is 16.5. The molecule has 9 heteroatoms. The van der Waals surface area contributed by atoms with Crippen LogP contribution in [0, 0.1) is 0 Å². The molecule has 2 aliphatic rings. The molecule has 0 unspecified atom stereocenters. The predicted octanol–water partition coefficient (Wildman–Crippen LogP) is 1.33. The molecule has 160 valence electrons. The predicted molar refractivity (Wildman–Crippen MR) is 106 cm³/mol. The van der Waals surface area contributed by atoms with Crippen LogP contribution in [0.2, 0.25) is 0 Å². The van der Waals surface area contributed by atoms with Gasteiger partial charge in [-0.15, -0.1) is 0 Å². The smallest absolute Gasteiger partial charge is 0.404 e. The molecule has 0 radical (unpaired) electrons. The summed E-state index contributed by atoms with van der Waals surface area (Å²) in [6.45, 7) is 4.23. The Morgan fingerprint density at radius 2 is 2.24 bits per heavy atom. The third kappa shape index (κ3) is 5.80. The van der Waals surface area contributed by atoms with Gasteiger partial charge in [0.15, 0.2) is 0 Å². The van der Waals surface area contributed by atoms with Crippen LogP contribution < -0.4 is 15.4 Å². The van der Waals surface area contributed by atoms with Crippen molar-refractivity contribution in [3.8, 4) is 5.88 Å². The third-order valence-corrected chi connectivity index (χ3v) is 5.27. The van der Waals surface area contributed by atoms with Crippen molar-refractivity contribution in [1.29, 1.82) is 0 Å². The molecular weight excluding hydrogens is 376 g/mol. The topological polar surface area (TPSA) is 113 Å². The van der Waals surface area contributed by atoms with E-state index in [1.807, 2.05) is 24.0 Å². The molecule has 9 nitrogen and oxygen atoms in total. The molecule has 2 atom stereocenters. The lowest BCUT2D eigenvalue weighted by atomic mass is 10.0. The maximum atomic E-state index is 13.2. The Bertz CT molecular complexity index is 719. The lowest BCUT2D eigenvalue weighted by Crippen LogP contribution is -2.50. The van der Waals surface area contributed by atoms with Gasteiger partial charge in [0.2, 0.25) is 5.88 Å². The molecule has 1 aromatic rings. The summed E-state index contributed by atoms with van der Waals surface area (Å²) in [4.78, 5) is 30.2. The van der Waals surface area contributed by atoms with Crippen LogP contribution in [0.3, 0.4) is 0 Å². The number of morpholine rings is 1. The van der Waals surface area contributed by atoms with Crippen molar-refractivity contribution in [1.82, 2.24) is 20.5 Å². The van der Waals surface area contributed by atoms with Gasteiger partial charge in [-0.05, 0) is 44.2 Å². The van der Waals surface area contributed by atoms with Gasteiger partial charge in [-0.25, -0.2) is 9.78 Å². The fraction of sp³-hybridized carbons (Fsp3) is 0.650. The van der Waals surface area contributed by atoms with Gasteiger partial charge >= 0.3 is 6.09 Å². The first-order chi connectivity index (χ1) is 14.0. The number of pyridine rings is 1. The average molecular weight is 406 g/mol. The number of ether oxygens (including phenoxy) is 2. The summed E-state index contributed by atoms with van der Waals surface area (Å²) < 4.78 is 11.1. The number of carboxylic acid groups (broad SMARTS) is 1. The van der Waals surface area contributed by atoms with Gasteiger partial charge in [-0.3, -0.25) is 4.79 Å². The van der Waals surface area contributed by atoms with Crippen LogP contribution in [0.1, 0.15) is 43.5 Å². The number of carbonyl (C=O) groups excluding carboxylic acids is 1. The summed E-state index contributed by atoms with van der Waals surface area (Å²) in [5.74, 6) is 0.518. The van der Waals surface area contributed by atoms with Crippen LogP contribution in [0.4, 0.5) is 4.79 Å². The van der Waals surface area contributed by atoms with Crippen molar-refractivity contribution in [2.45, 2.75) is 50.8 Å². The van der Waals surface area contributed by atoms with Crippen LogP contribution >= 0.6 is 0 Å². The van der Waals surface area contributed by atoms with E-state index in [1.54, 1.807) is 7.11 Å². The van der Waals surface area contributed by atoms with E-state index in [-0.39, 0.29) is 18.0 Å². The molecule has 29 heavy (non-hydrogen) atoms. The minimum absolute atomic E-state index is 0.0233. The SMILES string of the molecule is COc1cc([C@@H](C)N(C(=O)[C@H]2CNCCO2)C2CC2)cc(CCCNC(=O)O)n1. The number of hydrogen-bond donors (Lipinski definition) is 3. The van der Waals surface area contributed by atoms with Crippen LogP contribution in [0.15, 0.2) is 12.1 Å². The number of methoxy groups -OCH3 is 1. The number of aryl methyl sites for hydroxylation is 1. The van der Waals surface area contributed by atoms with Crippen molar-refractivity contribution in [3.05, 3.63) is 23.4 Å². The molecule has 0 bridgehead atoms. The fourth-order valence-corrected chi connectivity index (χ4v) is 3.61. The summed E-state index contributed by atoms with van der Waals surface area (Å²) in [7, 11) is 1.57. The second-order valence-electron chi connectivity index (χ2n) is 7.49. The second kappa shape index (κ2) is 9.89. The van der Waals surface area contributed by atoms with E-state index in [2.05, 4.69) is 15.6 Å². The van der Waals surface area contributed by atoms with Crippen LogP contribution in [-0.2, 0) is 16.0 Å². The van der Waals surface area contributed by atoms with E-state index in [1.165, 1.54) is 0 Å². The normalized spacial score (nSPS) is 20.0. The number of nitrogens with zero attached hydrogens (tertiary/aromatic N) is 2. The molecule has 3 rings (SSSR count). The maximum Gasteiger partial charge on any atom is 0.404 e. The zero-order chi connectivity index (χ0) is 20.8. The van der Waals surface area contributed by atoms with Crippen molar-refractivity contribution < 1.29 is 24.2 Å². The van der Waals surface area contributed by atoms with Gasteiger partial charge in [0.25, 0.3) is 5.91 Å². The molecule has 2 amide bonds. The van der Waals surface area contributed by atoms with Gasteiger partial charge in [-0.1, -0.05) is 0 Å². The standard InChI is InChI=1S/C20H30N4O5/c1-13(24(16-5-6-16)19(25)17-12-21-8-9-29-17)14-10-15(23-18(11-14)28-2)4-3-7-22-20(26)27/h10-11,13,16-17,21-22H,3-9,12H2,1-2H3,(H,26,27)/t13-,17-/m1/s1. The maximum absolute atomic E-state index is 13.2. The molecule has 0 aromatic carbocycles. The molecule has 1 saturated heterocycles. The number of nitrogens with one attached hydrogen (secondary N) is 2. The van der Waals surface area contributed by atoms with Crippen molar-refractivity contribution >= 4 is 12.0 Å². The van der Waals surface area contributed by atoms with Gasteiger partial charge in [0, 0.05) is 37.4 Å². The van der Waals surface area contributed by atoms with Crippen LogP contribution in [0.5, 0.6) is 5.88 Å². The highest BCUT2D eigenvalue weighted by Crippen LogP contribution is 2.36. The average Bonchev–Trinajstić information content (AvgIpc) is 3.56.